The highest BCUT2D eigenvalue weighted by Crippen LogP contribution is 2.29. The number of unbranched alkanes of at least 4 members (excludes halogenated alkanes) is 1. The second kappa shape index (κ2) is 10.8. The summed E-state index contributed by atoms with van der Waals surface area (Å²) in [5.74, 6) is 0. The second-order valence-electron chi connectivity index (χ2n) is 8.33. The summed E-state index contributed by atoms with van der Waals surface area (Å²) in [7, 11) is -3.61. The molecule has 3 aromatic carbocycles. The average molecular weight is 481 g/mol. The number of nitrogens with zero attached hydrogens (tertiary/aromatic N) is 2. The van der Waals surface area contributed by atoms with Gasteiger partial charge < -0.3 is 4.90 Å². The number of rotatable bonds is 11. The van der Waals surface area contributed by atoms with Gasteiger partial charge in [0.15, 0.2) is 0 Å². The SMILES string of the molecule is CCN(CC)CCCCN(Cc1cc2ccccc2s1)S(=O)(=O)c1ccc2ccccc2c1. The van der Waals surface area contributed by atoms with E-state index in [1.807, 2.05) is 42.5 Å². The van der Waals surface area contributed by atoms with Gasteiger partial charge in [-0.15, -0.1) is 11.3 Å². The van der Waals surface area contributed by atoms with Crippen LogP contribution in [0.5, 0.6) is 0 Å². The molecule has 174 valence electrons. The van der Waals surface area contributed by atoms with Crippen LogP contribution < -0.4 is 0 Å². The van der Waals surface area contributed by atoms with Gasteiger partial charge in [-0.3, -0.25) is 0 Å². The van der Waals surface area contributed by atoms with Crippen molar-refractivity contribution in [3.05, 3.63) is 77.7 Å². The first-order valence-electron chi connectivity index (χ1n) is 11.7. The van der Waals surface area contributed by atoms with Gasteiger partial charge in [0, 0.05) is 22.7 Å². The third-order valence-electron chi connectivity index (χ3n) is 6.19. The van der Waals surface area contributed by atoms with Gasteiger partial charge in [0.2, 0.25) is 10.0 Å². The predicted molar refractivity (Wildman–Crippen MR) is 140 cm³/mol. The minimum atomic E-state index is -3.61. The highest BCUT2D eigenvalue weighted by molar-refractivity contribution is 7.89. The van der Waals surface area contributed by atoms with Crippen LogP contribution in [0, 0.1) is 0 Å². The van der Waals surface area contributed by atoms with Gasteiger partial charge in [0.25, 0.3) is 0 Å². The molecular weight excluding hydrogens is 448 g/mol. The lowest BCUT2D eigenvalue weighted by molar-refractivity contribution is 0.289. The van der Waals surface area contributed by atoms with Crippen molar-refractivity contribution >= 4 is 42.2 Å². The third kappa shape index (κ3) is 5.64. The highest BCUT2D eigenvalue weighted by Gasteiger charge is 2.25. The molecule has 6 heteroatoms. The summed E-state index contributed by atoms with van der Waals surface area (Å²) in [6.45, 7) is 8.31. The number of hydrogen-bond donors (Lipinski definition) is 0. The molecule has 0 aliphatic carbocycles. The number of benzene rings is 3. The smallest absolute Gasteiger partial charge is 0.243 e. The van der Waals surface area contributed by atoms with Crippen LogP contribution >= 0.6 is 11.3 Å². The lowest BCUT2D eigenvalue weighted by Crippen LogP contribution is -2.32. The quantitative estimate of drug-likeness (QED) is 0.234. The topological polar surface area (TPSA) is 40.6 Å². The Balaban J connectivity index is 1.59. The van der Waals surface area contributed by atoms with Crippen LogP contribution in [0.3, 0.4) is 0 Å². The number of hydrogen-bond acceptors (Lipinski definition) is 4. The fourth-order valence-corrected chi connectivity index (χ4v) is 6.87. The third-order valence-corrected chi connectivity index (χ3v) is 9.14. The predicted octanol–water partition coefficient (Wildman–Crippen LogP) is 6.37. The van der Waals surface area contributed by atoms with E-state index < -0.39 is 10.0 Å². The Morgan fingerprint density at radius 2 is 1.42 bits per heavy atom. The lowest BCUT2D eigenvalue weighted by atomic mass is 10.1. The van der Waals surface area contributed by atoms with Crippen LogP contribution in [0.25, 0.3) is 20.9 Å². The van der Waals surface area contributed by atoms with E-state index >= 15 is 0 Å². The van der Waals surface area contributed by atoms with E-state index in [4.69, 9.17) is 0 Å². The first-order chi connectivity index (χ1) is 16.0. The van der Waals surface area contributed by atoms with E-state index in [-0.39, 0.29) is 0 Å². The van der Waals surface area contributed by atoms with E-state index in [0.717, 1.165) is 48.1 Å². The monoisotopic (exact) mass is 480 g/mol. The molecule has 33 heavy (non-hydrogen) atoms. The van der Waals surface area contributed by atoms with E-state index in [9.17, 15) is 8.42 Å². The van der Waals surface area contributed by atoms with Crippen LogP contribution in [0.2, 0.25) is 0 Å². The molecule has 0 spiro atoms. The molecule has 0 amide bonds. The minimum absolute atomic E-state index is 0.367. The zero-order valence-electron chi connectivity index (χ0n) is 19.4. The molecule has 4 rings (SSSR count). The molecule has 0 aliphatic heterocycles. The van der Waals surface area contributed by atoms with Crippen molar-refractivity contribution in [2.75, 3.05) is 26.2 Å². The summed E-state index contributed by atoms with van der Waals surface area (Å²) in [5, 5.41) is 3.16. The van der Waals surface area contributed by atoms with Crippen molar-refractivity contribution in [2.24, 2.45) is 0 Å². The molecular formula is C27H32N2O2S2. The van der Waals surface area contributed by atoms with Gasteiger partial charge in [-0.1, -0.05) is 62.4 Å². The Morgan fingerprint density at radius 3 is 2.15 bits per heavy atom. The number of sulfonamides is 1. The lowest BCUT2D eigenvalue weighted by Gasteiger charge is -2.23. The zero-order chi connectivity index (χ0) is 23.3. The van der Waals surface area contributed by atoms with E-state index in [2.05, 4.69) is 36.9 Å². The van der Waals surface area contributed by atoms with E-state index in [0.29, 0.717) is 18.0 Å². The first kappa shape index (κ1) is 23.9. The molecule has 0 fully saturated rings. The van der Waals surface area contributed by atoms with Crippen molar-refractivity contribution in [1.82, 2.24) is 9.21 Å². The van der Waals surface area contributed by atoms with Crippen LogP contribution in [0.4, 0.5) is 0 Å². The average Bonchev–Trinajstić information content (AvgIpc) is 3.25. The highest BCUT2D eigenvalue weighted by atomic mass is 32.2. The molecule has 4 aromatic rings. The van der Waals surface area contributed by atoms with Crippen LogP contribution in [-0.4, -0.2) is 43.8 Å². The van der Waals surface area contributed by atoms with E-state index in [1.165, 1.54) is 10.1 Å². The molecule has 0 unspecified atom stereocenters. The van der Waals surface area contributed by atoms with Crippen LogP contribution in [0.15, 0.2) is 77.7 Å². The maximum Gasteiger partial charge on any atom is 0.243 e. The van der Waals surface area contributed by atoms with Crippen molar-refractivity contribution in [1.29, 1.82) is 0 Å². The van der Waals surface area contributed by atoms with Gasteiger partial charge in [-0.05, 0) is 72.9 Å². The molecule has 1 heterocycles. The van der Waals surface area contributed by atoms with Crippen molar-refractivity contribution < 1.29 is 8.42 Å². The molecule has 0 aliphatic rings. The molecule has 1 aromatic heterocycles. The number of fused-ring (bicyclic) bond motifs is 2. The summed E-state index contributed by atoms with van der Waals surface area (Å²) >= 11 is 1.68. The van der Waals surface area contributed by atoms with Crippen LogP contribution in [-0.2, 0) is 16.6 Å². The molecule has 0 bridgehead atoms. The zero-order valence-corrected chi connectivity index (χ0v) is 21.0. The summed E-state index contributed by atoms with van der Waals surface area (Å²) < 4.78 is 30.4. The molecule has 0 radical (unpaired) electrons. The molecule has 0 saturated carbocycles. The van der Waals surface area contributed by atoms with Gasteiger partial charge in [-0.25, -0.2) is 8.42 Å². The fraction of sp³-hybridized carbons (Fsp3) is 0.333. The van der Waals surface area contributed by atoms with Crippen molar-refractivity contribution in [2.45, 2.75) is 38.1 Å². The summed E-state index contributed by atoms with van der Waals surface area (Å²) in [6.07, 6.45) is 1.83. The van der Waals surface area contributed by atoms with Gasteiger partial charge in [0.05, 0.1) is 4.90 Å². The minimum Gasteiger partial charge on any atom is -0.304 e. The summed E-state index contributed by atoms with van der Waals surface area (Å²) in [5.41, 5.74) is 0. The second-order valence-corrected chi connectivity index (χ2v) is 11.4. The maximum absolute atomic E-state index is 13.8. The Kier molecular flexibility index (Phi) is 7.81. The first-order valence-corrected chi connectivity index (χ1v) is 14.0. The molecule has 0 saturated heterocycles. The molecule has 0 atom stereocenters. The Hall–Kier alpha value is -2.25. The van der Waals surface area contributed by atoms with Gasteiger partial charge in [-0.2, -0.15) is 4.31 Å². The Morgan fingerprint density at radius 1 is 0.758 bits per heavy atom. The maximum atomic E-state index is 13.8. The Labute approximate surface area is 201 Å². The molecule has 0 N–H and O–H groups in total. The summed E-state index contributed by atoms with van der Waals surface area (Å²) in [4.78, 5) is 3.82. The van der Waals surface area contributed by atoms with Crippen molar-refractivity contribution in [3.8, 4) is 0 Å². The molecule has 4 nitrogen and oxygen atoms in total. The van der Waals surface area contributed by atoms with E-state index in [1.54, 1.807) is 27.8 Å². The Bertz CT molecular complexity index is 1280. The number of thiophene rings is 1. The normalized spacial score (nSPS) is 12.4. The fourth-order valence-electron chi connectivity index (χ4n) is 4.21. The largest absolute Gasteiger partial charge is 0.304 e. The summed E-state index contributed by atoms with van der Waals surface area (Å²) in [6, 6.07) is 23.7. The van der Waals surface area contributed by atoms with Gasteiger partial charge >= 0.3 is 0 Å². The standard InChI is InChI=1S/C27H32N2O2S2/c1-3-28(4-2)17-9-10-18-29(21-25-19-24-13-7-8-14-27(24)32-25)33(30,31)26-16-15-22-11-5-6-12-23(22)20-26/h5-8,11-16,19-20H,3-4,9-10,17-18,21H2,1-2H3. The van der Waals surface area contributed by atoms with Gasteiger partial charge in [0.1, 0.15) is 0 Å². The van der Waals surface area contributed by atoms with Crippen LogP contribution in [0.1, 0.15) is 31.6 Å². The van der Waals surface area contributed by atoms with Crippen molar-refractivity contribution in [3.63, 3.8) is 0 Å².